The van der Waals surface area contributed by atoms with E-state index >= 15 is 0 Å². The van der Waals surface area contributed by atoms with Crippen molar-refractivity contribution in [1.29, 1.82) is 0 Å². The lowest BCUT2D eigenvalue weighted by Crippen LogP contribution is -2.31. The molecule has 1 aromatic rings. The summed E-state index contributed by atoms with van der Waals surface area (Å²) in [6, 6.07) is 6.57. The van der Waals surface area contributed by atoms with E-state index in [9.17, 15) is 4.79 Å². The molecule has 1 aliphatic rings. The molecule has 1 aromatic carbocycles. The summed E-state index contributed by atoms with van der Waals surface area (Å²) in [5, 5.41) is 3.03. The number of thioether (sulfide) groups is 1. The van der Waals surface area contributed by atoms with Gasteiger partial charge in [-0.1, -0.05) is 18.6 Å². The molecule has 2 rings (SSSR count). The van der Waals surface area contributed by atoms with E-state index in [2.05, 4.69) is 36.7 Å². The molecule has 1 amide bonds. The van der Waals surface area contributed by atoms with Gasteiger partial charge in [0, 0.05) is 23.9 Å². The van der Waals surface area contributed by atoms with E-state index in [4.69, 9.17) is 5.73 Å². The van der Waals surface area contributed by atoms with Crippen LogP contribution in [0.5, 0.6) is 0 Å². The van der Waals surface area contributed by atoms with E-state index < -0.39 is 0 Å². The van der Waals surface area contributed by atoms with Crippen molar-refractivity contribution in [2.24, 2.45) is 11.7 Å². The Morgan fingerprint density at radius 1 is 1.43 bits per heavy atom. The number of aryl methyl sites for hydroxylation is 1. The van der Waals surface area contributed by atoms with Crippen LogP contribution >= 0.6 is 24.2 Å². The minimum Gasteiger partial charge on any atom is -0.352 e. The summed E-state index contributed by atoms with van der Waals surface area (Å²) >= 11 is 1.72. The number of rotatable bonds is 5. The maximum Gasteiger partial charge on any atom is 0.220 e. The van der Waals surface area contributed by atoms with Crippen LogP contribution in [0.15, 0.2) is 23.1 Å². The fraction of sp³-hybridized carbons (Fsp3) is 0.562. The number of halogens is 1. The van der Waals surface area contributed by atoms with Gasteiger partial charge in [-0.25, -0.2) is 0 Å². The molecule has 1 fully saturated rings. The highest BCUT2D eigenvalue weighted by atomic mass is 35.5. The number of hydrogen-bond donors (Lipinski definition) is 2. The topological polar surface area (TPSA) is 55.1 Å². The lowest BCUT2D eigenvalue weighted by atomic mass is 10.00. The molecule has 0 aromatic heterocycles. The van der Waals surface area contributed by atoms with E-state index in [-0.39, 0.29) is 24.4 Å². The van der Waals surface area contributed by atoms with Crippen molar-refractivity contribution >= 4 is 30.1 Å². The Morgan fingerprint density at radius 3 is 2.81 bits per heavy atom. The summed E-state index contributed by atoms with van der Waals surface area (Å²) in [5.74, 6) is 0.494. The number of carbonyl (C=O) groups is 1. The van der Waals surface area contributed by atoms with E-state index in [1.54, 1.807) is 11.8 Å². The molecule has 0 heterocycles. The zero-order valence-corrected chi connectivity index (χ0v) is 14.4. The van der Waals surface area contributed by atoms with Crippen LogP contribution in [-0.4, -0.2) is 18.2 Å². The quantitative estimate of drug-likeness (QED) is 0.816. The Labute approximate surface area is 137 Å². The van der Waals surface area contributed by atoms with Crippen molar-refractivity contribution in [2.75, 3.05) is 6.26 Å². The first-order valence-corrected chi connectivity index (χ1v) is 8.48. The molecule has 21 heavy (non-hydrogen) atoms. The number of nitrogens with two attached hydrogens (primary N) is 1. The maximum absolute atomic E-state index is 12.0. The van der Waals surface area contributed by atoms with Gasteiger partial charge in [0.1, 0.15) is 0 Å². The Morgan fingerprint density at radius 2 is 2.19 bits per heavy atom. The van der Waals surface area contributed by atoms with Gasteiger partial charge in [0.25, 0.3) is 0 Å². The van der Waals surface area contributed by atoms with Gasteiger partial charge in [-0.15, -0.1) is 24.2 Å². The average Bonchev–Trinajstić information content (AvgIpc) is 2.82. The molecular weight excluding hydrogens is 304 g/mol. The Kier molecular flexibility index (Phi) is 7.57. The van der Waals surface area contributed by atoms with Crippen molar-refractivity contribution in [3.8, 4) is 0 Å². The van der Waals surface area contributed by atoms with Gasteiger partial charge in [0.15, 0.2) is 0 Å². The van der Waals surface area contributed by atoms with Crippen LogP contribution in [0.1, 0.15) is 36.8 Å². The normalized spacial score (nSPS) is 20.9. The van der Waals surface area contributed by atoms with Crippen molar-refractivity contribution in [1.82, 2.24) is 5.32 Å². The number of carbonyl (C=O) groups excluding carboxylic acids is 1. The minimum atomic E-state index is 0. The van der Waals surface area contributed by atoms with Crippen LogP contribution in [0.3, 0.4) is 0 Å². The summed E-state index contributed by atoms with van der Waals surface area (Å²) in [6.07, 6.45) is 5.95. The lowest BCUT2D eigenvalue weighted by molar-refractivity contribution is -0.122. The molecule has 0 bridgehead atoms. The summed E-state index contributed by atoms with van der Waals surface area (Å²) in [7, 11) is 0. The van der Waals surface area contributed by atoms with Gasteiger partial charge >= 0.3 is 0 Å². The second-order valence-electron chi connectivity index (χ2n) is 5.65. The standard InChI is InChI=1S/C16H24N2OS.ClH/c1-11-6-7-13(15(8-11)20-2)10-18-16(19)9-12-4-3-5-14(12)17;/h6-8,12,14H,3-5,9-10,17H2,1-2H3,(H,18,19);1H/t12-,14+;/m0./s1. The zero-order valence-electron chi connectivity index (χ0n) is 12.7. The lowest BCUT2D eigenvalue weighted by Gasteiger charge is -2.15. The molecule has 0 aliphatic heterocycles. The van der Waals surface area contributed by atoms with Crippen molar-refractivity contribution in [2.45, 2.75) is 50.1 Å². The van der Waals surface area contributed by atoms with E-state index in [0.717, 1.165) is 19.3 Å². The largest absolute Gasteiger partial charge is 0.352 e. The van der Waals surface area contributed by atoms with Crippen molar-refractivity contribution < 1.29 is 4.79 Å². The molecule has 2 atom stereocenters. The molecule has 0 unspecified atom stereocenters. The highest BCUT2D eigenvalue weighted by Gasteiger charge is 2.25. The molecule has 3 N–H and O–H groups in total. The molecule has 118 valence electrons. The van der Waals surface area contributed by atoms with Gasteiger partial charge in [-0.05, 0) is 49.1 Å². The summed E-state index contributed by atoms with van der Waals surface area (Å²) in [5.41, 5.74) is 8.45. The first kappa shape index (κ1) is 18.3. The molecule has 0 saturated heterocycles. The summed E-state index contributed by atoms with van der Waals surface area (Å²) in [6.45, 7) is 2.70. The highest BCUT2D eigenvalue weighted by Crippen LogP contribution is 2.27. The number of amides is 1. The third-order valence-corrected chi connectivity index (χ3v) is 4.90. The fourth-order valence-corrected chi connectivity index (χ4v) is 3.53. The third kappa shape index (κ3) is 5.20. The third-order valence-electron chi connectivity index (χ3n) is 4.08. The van der Waals surface area contributed by atoms with Crippen molar-refractivity contribution in [3.63, 3.8) is 0 Å². The first-order chi connectivity index (χ1) is 9.60. The Balaban J connectivity index is 0.00000220. The summed E-state index contributed by atoms with van der Waals surface area (Å²) in [4.78, 5) is 13.2. The van der Waals surface area contributed by atoms with Crippen LogP contribution in [0.2, 0.25) is 0 Å². The second kappa shape index (κ2) is 8.66. The van der Waals surface area contributed by atoms with Crippen LogP contribution in [0, 0.1) is 12.8 Å². The highest BCUT2D eigenvalue weighted by molar-refractivity contribution is 7.98. The van der Waals surface area contributed by atoms with Gasteiger partial charge in [0.2, 0.25) is 5.91 Å². The maximum atomic E-state index is 12.0. The molecule has 0 spiro atoms. The zero-order chi connectivity index (χ0) is 14.5. The molecule has 0 radical (unpaired) electrons. The molecule has 1 aliphatic carbocycles. The van der Waals surface area contributed by atoms with Crippen LogP contribution in [-0.2, 0) is 11.3 Å². The molecule has 3 nitrogen and oxygen atoms in total. The van der Waals surface area contributed by atoms with Gasteiger partial charge in [0.05, 0.1) is 0 Å². The van der Waals surface area contributed by atoms with E-state index in [1.165, 1.54) is 16.0 Å². The smallest absolute Gasteiger partial charge is 0.220 e. The van der Waals surface area contributed by atoms with Crippen molar-refractivity contribution in [3.05, 3.63) is 29.3 Å². The first-order valence-electron chi connectivity index (χ1n) is 7.26. The number of nitrogens with one attached hydrogen (secondary N) is 1. The number of hydrogen-bond acceptors (Lipinski definition) is 3. The molecular formula is C16H25ClN2OS. The average molecular weight is 329 g/mol. The van der Waals surface area contributed by atoms with Crippen LogP contribution < -0.4 is 11.1 Å². The monoisotopic (exact) mass is 328 g/mol. The van der Waals surface area contributed by atoms with E-state index in [1.807, 2.05) is 0 Å². The summed E-state index contributed by atoms with van der Waals surface area (Å²) < 4.78 is 0. The van der Waals surface area contributed by atoms with Gasteiger partial charge in [-0.2, -0.15) is 0 Å². The van der Waals surface area contributed by atoms with Crippen LogP contribution in [0.4, 0.5) is 0 Å². The predicted molar refractivity (Wildman–Crippen MR) is 92.0 cm³/mol. The van der Waals surface area contributed by atoms with Gasteiger partial charge in [-0.3, -0.25) is 4.79 Å². The number of benzene rings is 1. The van der Waals surface area contributed by atoms with Crippen LogP contribution in [0.25, 0.3) is 0 Å². The Bertz CT molecular complexity index is 481. The fourth-order valence-electron chi connectivity index (χ4n) is 2.82. The van der Waals surface area contributed by atoms with Gasteiger partial charge < -0.3 is 11.1 Å². The van der Waals surface area contributed by atoms with E-state index in [0.29, 0.717) is 18.9 Å². The second-order valence-corrected chi connectivity index (χ2v) is 6.50. The Hall–Kier alpha value is -0.710. The minimum absolute atomic E-state index is 0. The predicted octanol–water partition coefficient (Wildman–Crippen LogP) is 3.27. The molecule has 1 saturated carbocycles. The SMILES string of the molecule is CSc1cc(C)ccc1CNC(=O)C[C@@H]1CCC[C@H]1N.Cl. The molecule has 5 heteroatoms.